The van der Waals surface area contributed by atoms with Crippen molar-refractivity contribution < 1.29 is 24.3 Å². The Morgan fingerprint density at radius 3 is 2.78 bits per heavy atom. The molecule has 0 spiro atoms. The lowest BCUT2D eigenvalue weighted by molar-refractivity contribution is -0.132. The van der Waals surface area contributed by atoms with E-state index in [0.29, 0.717) is 18.8 Å². The first-order valence-electron chi connectivity index (χ1n) is 8.51. The van der Waals surface area contributed by atoms with E-state index in [0.717, 1.165) is 24.3 Å². The smallest absolute Gasteiger partial charge is 0.290 e. The second-order valence-electron chi connectivity index (χ2n) is 6.14. The topological polar surface area (TPSA) is 132 Å². The van der Waals surface area contributed by atoms with Crippen molar-refractivity contribution in [1.82, 2.24) is 20.5 Å². The molecule has 1 aromatic heterocycles. The van der Waals surface area contributed by atoms with Gasteiger partial charge in [0.15, 0.2) is 0 Å². The number of aromatic nitrogens is 1. The molecule has 3 heterocycles. The zero-order valence-electron chi connectivity index (χ0n) is 15.3. The van der Waals surface area contributed by atoms with Gasteiger partial charge in [0.05, 0.1) is 6.42 Å². The molecule has 3 rings (SSSR count). The number of carbonyl (C=O) groups is 4. The number of carbonyl (C=O) groups excluding carboxylic acids is 3. The summed E-state index contributed by atoms with van der Waals surface area (Å²) in [4.78, 5) is 52.9. The molecule has 1 fully saturated rings. The predicted octanol–water partition coefficient (Wildman–Crippen LogP) is -1.15. The molecule has 3 N–H and O–H groups in total. The maximum absolute atomic E-state index is 12.9. The summed E-state index contributed by atoms with van der Waals surface area (Å²) in [5.41, 5.74) is 1.42. The van der Waals surface area contributed by atoms with Crippen LogP contribution in [0.2, 0.25) is 0 Å². The quantitative estimate of drug-likeness (QED) is 0.567. The number of amides is 3. The largest absolute Gasteiger partial charge is 0.483 e. The van der Waals surface area contributed by atoms with Crippen molar-refractivity contribution in [3.63, 3.8) is 0 Å². The van der Waals surface area contributed by atoms with Crippen LogP contribution in [0.1, 0.15) is 22.5 Å². The molecule has 1 aromatic rings. The van der Waals surface area contributed by atoms with Crippen LogP contribution in [0.5, 0.6) is 0 Å². The first kappa shape index (κ1) is 20.1. The van der Waals surface area contributed by atoms with Gasteiger partial charge in [-0.15, -0.1) is 0 Å². The van der Waals surface area contributed by atoms with Crippen LogP contribution in [0.15, 0.2) is 12.1 Å². The van der Waals surface area contributed by atoms with Crippen LogP contribution in [-0.2, 0) is 20.8 Å². The molecule has 2 aliphatic heterocycles. The van der Waals surface area contributed by atoms with Gasteiger partial charge in [-0.2, -0.15) is 0 Å². The highest BCUT2D eigenvalue weighted by Gasteiger charge is 2.35. The molecule has 27 heavy (non-hydrogen) atoms. The number of nitrogens with zero attached hydrogens (tertiary/aromatic N) is 3. The Hall–Kier alpha value is -3.17. The van der Waals surface area contributed by atoms with E-state index in [1.54, 1.807) is 6.07 Å². The van der Waals surface area contributed by atoms with Crippen molar-refractivity contribution in [1.29, 1.82) is 0 Å². The molecule has 0 aliphatic carbocycles. The van der Waals surface area contributed by atoms with Crippen LogP contribution in [0.3, 0.4) is 0 Å². The third-order valence-electron chi connectivity index (χ3n) is 4.50. The van der Waals surface area contributed by atoms with E-state index in [1.165, 1.54) is 11.9 Å². The molecule has 0 aromatic carbocycles. The average Bonchev–Trinajstić information content (AvgIpc) is 3.03. The number of hydrogen-bond donors (Lipinski definition) is 3. The van der Waals surface area contributed by atoms with E-state index >= 15 is 0 Å². The van der Waals surface area contributed by atoms with Crippen molar-refractivity contribution in [3.05, 3.63) is 23.4 Å². The monoisotopic (exact) mass is 377 g/mol. The molecule has 1 atom stereocenters. The number of fused-ring (bicyclic) bond motifs is 1. The van der Waals surface area contributed by atoms with Gasteiger partial charge >= 0.3 is 0 Å². The third-order valence-corrected chi connectivity index (χ3v) is 4.50. The van der Waals surface area contributed by atoms with Crippen molar-refractivity contribution in [2.24, 2.45) is 0 Å². The summed E-state index contributed by atoms with van der Waals surface area (Å²) < 4.78 is 0. The number of hydrogen-bond acceptors (Lipinski definition) is 6. The summed E-state index contributed by atoms with van der Waals surface area (Å²) in [5.74, 6) is -0.0972. The summed E-state index contributed by atoms with van der Waals surface area (Å²) in [6.07, 6.45) is 0.859. The molecule has 2 aliphatic rings. The molecular formula is C17H23N5O5. The van der Waals surface area contributed by atoms with E-state index in [2.05, 4.69) is 15.6 Å². The molecule has 0 bridgehead atoms. The standard InChI is InChI=1S/C16H21N5O3.CH2O2/c1-17-13(22)9-12-15(23)18-6-8-21(12)16(24)11-4-3-10-5-7-20(2)14(10)19-11;2-1-3/h3-4,12H,5-9H2,1-2H3,(H,17,22)(H,18,23);1H,(H,2,3). The summed E-state index contributed by atoms with van der Waals surface area (Å²) in [7, 11) is 3.45. The first-order chi connectivity index (χ1) is 12.9. The number of piperazine rings is 1. The van der Waals surface area contributed by atoms with Gasteiger partial charge in [0.1, 0.15) is 17.6 Å². The van der Waals surface area contributed by atoms with Gasteiger partial charge < -0.3 is 25.5 Å². The normalized spacial score (nSPS) is 18.0. The first-order valence-corrected chi connectivity index (χ1v) is 8.51. The Bertz CT molecular complexity index is 738. The molecule has 10 nitrogen and oxygen atoms in total. The van der Waals surface area contributed by atoms with Gasteiger partial charge in [-0.3, -0.25) is 19.2 Å². The lowest BCUT2D eigenvalue weighted by atomic mass is 10.1. The van der Waals surface area contributed by atoms with Gasteiger partial charge in [-0.25, -0.2) is 4.98 Å². The second-order valence-corrected chi connectivity index (χ2v) is 6.14. The van der Waals surface area contributed by atoms with Crippen molar-refractivity contribution in [3.8, 4) is 0 Å². The minimum absolute atomic E-state index is 0.0566. The molecule has 3 amide bonds. The molecule has 146 valence electrons. The number of carboxylic acid groups (broad SMARTS) is 1. The fourth-order valence-corrected chi connectivity index (χ4v) is 3.10. The molecular weight excluding hydrogens is 354 g/mol. The molecule has 1 unspecified atom stereocenters. The summed E-state index contributed by atoms with van der Waals surface area (Å²) in [6.45, 7) is 1.37. The van der Waals surface area contributed by atoms with Gasteiger partial charge in [-0.1, -0.05) is 6.07 Å². The maximum Gasteiger partial charge on any atom is 0.290 e. The van der Waals surface area contributed by atoms with Crippen molar-refractivity contribution in [2.75, 3.05) is 38.6 Å². The highest BCUT2D eigenvalue weighted by molar-refractivity contribution is 5.98. The van der Waals surface area contributed by atoms with Crippen molar-refractivity contribution in [2.45, 2.75) is 18.9 Å². The Balaban J connectivity index is 0.000000817. The van der Waals surface area contributed by atoms with Crippen LogP contribution in [0.25, 0.3) is 0 Å². The van der Waals surface area contributed by atoms with Crippen LogP contribution in [0.4, 0.5) is 5.82 Å². The average molecular weight is 377 g/mol. The third kappa shape index (κ3) is 4.52. The Kier molecular flexibility index (Phi) is 6.69. The molecule has 1 saturated heterocycles. The van der Waals surface area contributed by atoms with Gasteiger partial charge in [0.25, 0.3) is 12.4 Å². The van der Waals surface area contributed by atoms with Gasteiger partial charge in [0.2, 0.25) is 11.8 Å². The van der Waals surface area contributed by atoms with E-state index in [9.17, 15) is 14.4 Å². The number of rotatable bonds is 3. The Morgan fingerprint density at radius 1 is 1.41 bits per heavy atom. The SMILES string of the molecule is CNC(=O)CC1C(=O)NCCN1C(=O)c1ccc2c(n1)N(C)CC2.O=CO. The van der Waals surface area contributed by atoms with Crippen LogP contribution < -0.4 is 15.5 Å². The summed E-state index contributed by atoms with van der Waals surface area (Å²) >= 11 is 0. The summed E-state index contributed by atoms with van der Waals surface area (Å²) in [5, 5.41) is 12.1. The molecule has 10 heteroatoms. The van der Waals surface area contributed by atoms with E-state index in [1.807, 2.05) is 18.0 Å². The zero-order chi connectivity index (χ0) is 20.0. The highest BCUT2D eigenvalue weighted by Crippen LogP contribution is 2.25. The summed E-state index contributed by atoms with van der Waals surface area (Å²) in [6, 6.07) is 2.81. The number of anilines is 1. The number of nitrogens with one attached hydrogen (secondary N) is 2. The minimum atomic E-state index is -0.806. The number of likely N-dealkylation sites (N-methyl/N-ethyl adjacent to an activating group) is 1. The van der Waals surface area contributed by atoms with Crippen molar-refractivity contribution >= 4 is 30.0 Å². The highest BCUT2D eigenvalue weighted by atomic mass is 16.3. The Morgan fingerprint density at radius 2 is 2.11 bits per heavy atom. The lowest BCUT2D eigenvalue weighted by Crippen LogP contribution is -2.58. The lowest BCUT2D eigenvalue weighted by Gasteiger charge is -2.34. The van der Waals surface area contributed by atoms with E-state index in [4.69, 9.17) is 9.90 Å². The van der Waals surface area contributed by atoms with Crippen LogP contribution >= 0.6 is 0 Å². The second kappa shape index (κ2) is 8.97. The van der Waals surface area contributed by atoms with Crippen LogP contribution in [0, 0.1) is 0 Å². The molecule has 0 saturated carbocycles. The fraction of sp³-hybridized carbons (Fsp3) is 0.471. The Labute approximate surface area is 156 Å². The maximum atomic E-state index is 12.9. The molecule has 0 radical (unpaired) electrons. The number of pyridine rings is 1. The fourth-order valence-electron chi connectivity index (χ4n) is 3.10. The predicted molar refractivity (Wildman–Crippen MR) is 96.4 cm³/mol. The minimum Gasteiger partial charge on any atom is -0.483 e. The van der Waals surface area contributed by atoms with E-state index in [-0.39, 0.29) is 30.6 Å². The van der Waals surface area contributed by atoms with E-state index < -0.39 is 6.04 Å². The van der Waals surface area contributed by atoms with Gasteiger partial charge in [-0.05, 0) is 18.1 Å². The van der Waals surface area contributed by atoms with Crippen LogP contribution in [-0.4, -0.2) is 79.0 Å². The zero-order valence-corrected chi connectivity index (χ0v) is 15.3. The van der Waals surface area contributed by atoms with Gasteiger partial charge in [0, 0.05) is 33.7 Å².